The van der Waals surface area contributed by atoms with Crippen LogP contribution in [0.15, 0.2) is 18.5 Å². The first kappa shape index (κ1) is 19.5. The van der Waals surface area contributed by atoms with Crippen LogP contribution in [0.3, 0.4) is 0 Å². The molecule has 0 aliphatic carbocycles. The van der Waals surface area contributed by atoms with Crippen LogP contribution in [0.5, 0.6) is 0 Å². The summed E-state index contributed by atoms with van der Waals surface area (Å²) in [4.78, 5) is 11.8. The summed E-state index contributed by atoms with van der Waals surface area (Å²) in [5.74, 6) is 0.817. The Labute approximate surface area is 140 Å². The number of carbonyl (C=O) groups is 1. The van der Waals surface area contributed by atoms with Gasteiger partial charge in [0.2, 0.25) is 0 Å². The summed E-state index contributed by atoms with van der Waals surface area (Å²) in [6, 6.07) is 2.24. The summed E-state index contributed by atoms with van der Waals surface area (Å²) < 4.78 is 7.20. The van der Waals surface area contributed by atoms with Gasteiger partial charge in [-0.1, -0.05) is 13.8 Å². The molecule has 0 saturated carbocycles. The maximum atomic E-state index is 11.8. The minimum absolute atomic E-state index is 0.317. The largest absolute Gasteiger partial charge is 0.444 e. The molecule has 0 saturated heterocycles. The Morgan fingerprint density at radius 3 is 2.48 bits per heavy atom. The molecule has 0 aliphatic rings. The molecule has 0 radical (unpaired) electrons. The lowest BCUT2D eigenvalue weighted by molar-refractivity contribution is 0.0514. The number of hydrogen-bond donors (Lipinski definition) is 2. The fraction of sp³-hybridized carbons (Fsp3) is 0.765. The number of aromatic nitrogens is 2. The van der Waals surface area contributed by atoms with Gasteiger partial charge in [-0.3, -0.25) is 4.68 Å². The molecule has 2 atom stereocenters. The second kappa shape index (κ2) is 8.91. The second-order valence-corrected chi connectivity index (χ2v) is 7.42. The van der Waals surface area contributed by atoms with Crippen LogP contribution in [0.2, 0.25) is 0 Å². The van der Waals surface area contributed by atoms with Crippen molar-refractivity contribution in [1.82, 2.24) is 20.4 Å². The number of nitrogens with one attached hydrogen (secondary N) is 2. The van der Waals surface area contributed by atoms with E-state index in [-0.39, 0.29) is 6.09 Å². The van der Waals surface area contributed by atoms with Crippen LogP contribution in [-0.2, 0) is 11.3 Å². The lowest BCUT2D eigenvalue weighted by atomic mass is 9.95. The van der Waals surface area contributed by atoms with Crippen molar-refractivity contribution >= 4 is 6.09 Å². The van der Waals surface area contributed by atoms with Gasteiger partial charge in [0.1, 0.15) is 5.60 Å². The SMILES string of the molecule is CC(Cn1cccn1)NCC(CNC(=O)OC(C)(C)C)C(C)C. The van der Waals surface area contributed by atoms with E-state index in [0.717, 1.165) is 13.1 Å². The molecule has 1 heterocycles. The third-order valence-electron chi connectivity index (χ3n) is 3.60. The van der Waals surface area contributed by atoms with Gasteiger partial charge in [0.25, 0.3) is 0 Å². The van der Waals surface area contributed by atoms with Gasteiger partial charge in [-0.15, -0.1) is 0 Å². The predicted molar refractivity (Wildman–Crippen MR) is 92.3 cm³/mol. The lowest BCUT2D eigenvalue weighted by Gasteiger charge is -2.25. The van der Waals surface area contributed by atoms with E-state index in [4.69, 9.17) is 4.74 Å². The number of alkyl carbamates (subject to hydrolysis) is 1. The van der Waals surface area contributed by atoms with Crippen LogP contribution >= 0.6 is 0 Å². The van der Waals surface area contributed by atoms with Crippen LogP contribution < -0.4 is 10.6 Å². The fourth-order valence-electron chi connectivity index (χ4n) is 2.18. The van der Waals surface area contributed by atoms with Crippen molar-refractivity contribution in [2.24, 2.45) is 11.8 Å². The predicted octanol–water partition coefficient (Wildman–Crippen LogP) is 2.66. The van der Waals surface area contributed by atoms with E-state index >= 15 is 0 Å². The maximum Gasteiger partial charge on any atom is 0.407 e. The summed E-state index contributed by atoms with van der Waals surface area (Å²) in [7, 11) is 0. The van der Waals surface area contributed by atoms with E-state index in [2.05, 4.69) is 36.5 Å². The average molecular weight is 324 g/mol. The van der Waals surface area contributed by atoms with E-state index in [1.807, 2.05) is 37.7 Å². The quantitative estimate of drug-likeness (QED) is 0.771. The molecular formula is C17H32N4O2. The topological polar surface area (TPSA) is 68.2 Å². The number of amides is 1. The Kier molecular flexibility index (Phi) is 7.55. The average Bonchev–Trinajstić information content (AvgIpc) is 2.88. The zero-order valence-corrected chi connectivity index (χ0v) is 15.3. The summed E-state index contributed by atoms with van der Waals surface area (Å²) in [5, 5.41) is 10.6. The normalized spacial score (nSPS) is 14.6. The minimum atomic E-state index is -0.464. The molecule has 6 nitrogen and oxygen atoms in total. The highest BCUT2D eigenvalue weighted by atomic mass is 16.6. The summed E-state index contributed by atoms with van der Waals surface area (Å²) >= 11 is 0. The smallest absolute Gasteiger partial charge is 0.407 e. The third kappa shape index (κ3) is 8.59. The van der Waals surface area contributed by atoms with Crippen LogP contribution in [0.4, 0.5) is 4.79 Å². The van der Waals surface area contributed by atoms with Crippen molar-refractivity contribution in [2.75, 3.05) is 13.1 Å². The molecule has 0 bridgehead atoms. The van der Waals surface area contributed by atoms with E-state index < -0.39 is 5.60 Å². The van der Waals surface area contributed by atoms with Crippen LogP contribution in [0.1, 0.15) is 41.5 Å². The van der Waals surface area contributed by atoms with Gasteiger partial charge in [-0.05, 0) is 45.6 Å². The highest BCUT2D eigenvalue weighted by Crippen LogP contribution is 2.11. The molecular weight excluding hydrogens is 292 g/mol. The highest BCUT2D eigenvalue weighted by Gasteiger charge is 2.19. The standard InChI is InChI=1S/C17H32N4O2/c1-13(2)15(11-19-16(22)23-17(4,5)6)10-18-14(3)12-21-9-7-8-20-21/h7-9,13-15,18H,10-12H2,1-6H3,(H,19,22). The molecule has 132 valence electrons. The maximum absolute atomic E-state index is 11.8. The van der Waals surface area contributed by atoms with E-state index in [1.165, 1.54) is 0 Å². The first-order valence-electron chi connectivity index (χ1n) is 8.35. The molecule has 0 spiro atoms. The van der Waals surface area contributed by atoms with Crippen molar-refractivity contribution in [2.45, 2.75) is 59.7 Å². The zero-order valence-electron chi connectivity index (χ0n) is 15.3. The number of rotatable bonds is 8. The number of carbonyl (C=O) groups excluding carboxylic acids is 1. The molecule has 0 aliphatic heterocycles. The van der Waals surface area contributed by atoms with Gasteiger partial charge in [0, 0.05) is 31.5 Å². The molecule has 0 aromatic carbocycles. The van der Waals surface area contributed by atoms with E-state index in [9.17, 15) is 4.79 Å². The van der Waals surface area contributed by atoms with Gasteiger partial charge in [0.15, 0.2) is 0 Å². The van der Waals surface area contributed by atoms with Crippen LogP contribution in [-0.4, -0.2) is 40.6 Å². The first-order valence-corrected chi connectivity index (χ1v) is 8.35. The summed E-state index contributed by atoms with van der Waals surface area (Å²) in [6.07, 6.45) is 3.39. The van der Waals surface area contributed by atoms with E-state index in [1.54, 1.807) is 6.20 Å². The number of hydrogen-bond acceptors (Lipinski definition) is 4. The highest BCUT2D eigenvalue weighted by molar-refractivity contribution is 5.67. The van der Waals surface area contributed by atoms with Crippen molar-refractivity contribution < 1.29 is 9.53 Å². The molecule has 0 fully saturated rings. The number of ether oxygens (including phenoxy) is 1. The van der Waals surface area contributed by atoms with E-state index in [0.29, 0.717) is 24.4 Å². The molecule has 2 unspecified atom stereocenters. The summed E-state index contributed by atoms with van der Waals surface area (Å²) in [6.45, 7) is 14.4. The van der Waals surface area contributed by atoms with Crippen molar-refractivity contribution in [1.29, 1.82) is 0 Å². The van der Waals surface area contributed by atoms with Crippen molar-refractivity contribution in [3.63, 3.8) is 0 Å². The second-order valence-electron chi connectivity index (χ2n) is 7.42. The van der Waals surface area contributed by atoms with Gasteiger partial charge < -0.3 is 15.4 Å². The first-order chi connectivity index (χ1) is 10.7. The zero-order chi connectivity index (χ0) is 17.5. The Morgan fingerprint density at radius 1 is 1.26 bits per heavy atom. The van der Waals surface area contributed by atoms with Gasteiger partial charge >= 0.3 is 6.09 Å². The third-order valence-corrected chi connectivity index (χ3v) is 3.60. The van der Waals surface area contributed by atoms with Gasteiger partial charge in [-0.2, -0.15) is 5.10 Å². The molecule has 23 heavy (non-hydrogen) atoms. The van der Waals surface area contributed by atoms with Gasteiger partial charge in [0.05, 0.1) is 6.54 Å². The minimum Gasteiger partial charge on any atom is -0.444 e. The Morgan fingerprint density at radius 2 is 1.96 bits per heavy atom. The molecule has 1 aromatic rings. The molecule has 6 heteroatoms. The van der Waals surface area contributed by atoms with Crippen molar-refractivity contribution in [3.8, 4) is 0 Å². The Bertz CT molecular complexity index is 452. The summed E-state index contributed by atoms with van der Waals surface area (Å²) in [5.41, 5.74) is -0.464. The van der Waals surface area contributed by atoms with Gasteiger partial charge in [-0.25, -0.2) is 4.79 Å². The van der Waals surface area contributed by atoms with Crippen LogP contribution in [0, 0.1) is 11.8 Å². The lowest BCUT2D eigenvalue weighted by Crippen LogP contribution is -2.42. The monoisotopic (exact) mass is 324 g/mol. The molecule has 2 N–H and O–H groups in total. The molecule has 1 aromatic heterocycles. The number of nitrogens with zero attached hydrogens (tertiary/aromatic N) is 2. The van der Waals surface area contributed by atoms with Crippen molar-refractivity contribution in [3.05, 3.63) is 18.5 Å². The Balaban J connectivity index is 2.35. The Hall–Kier alpha value is -1.56. The molecule has 1 rings (SSSR count). The van der Waals surface area contributed by atoms with Crippen LogP contribution in [0.25, 0.3) is 0 Å². The fourth-order valence-corrected chi connectivity index (χ4v) is 2.18. The molecule has 1 amide bonds.